The van der Waals surface area contributed by atoms with Gasteiger partial charge in [-0.3, -0.25) is 19.3 Å². The predicted octanol–water partition coefficient (Wildman–Crippen LogP) is 2.22. The van der Waals surface area contributed by atoms with Gasteiger partial charge in [-0.2, -0.15) is 0 Å². The Bertz CT molecular complexity index is 797. The van der Waals surface area contributed by atoms with Crippen LogP contribution < -0.4 is 0 Å². The van der Waals surface area contributed by atoms with Crippen molar-refractivity contribution in [3.63, 3.8) is 0 Å². The minimum Gasteiger partial charge on any atom is -0.348 e. The van der Waals surface area contributed by atoms with Crippen LogP contribution in [-0.4, -0.2) is 96.7 Å². The molecular formula is C21H28Cl2N4O3. The molecule has 7 nitrogen and oxygen atoms in total. The van der Waals surface area contributed by atoms with Crippen LogP contribution in [-0.2, 0) is 9.59 Å². The van der Waals surface area contributed by atoms with Crippen LogP contribution in [0, 0.1) is 0 Å². The summed E-state index contributed by atoms with van der Waals surface area (Å²) in [6.07, 6.45) is 2.24. The fourth-order valence-electron chi connectivity index (χ4n) is 4.00. The summed E-state index contributed by atoms with van der Waals surface area (Å²) in [6, 6.07) is 4.28. The standard InChI is InChI=1S/C21H28Cl2N4O3/c1-24(2)19(28)14-25-6-4-7-26(10-9-25)21(30)18-5-3-8-27(18)20(29)15-11-16(22)13-17(23)12-15/h11-13,18H,3-10,14H2,1-2H3. The zero-order chi connectivity index (χ0) is 21.8. The van der Waals surface area contributed by atoms with E-state index in [1.54, 1.807) is 42.1 Å². The number of likely N-dealkylation sites (tertiary alicyclic amines) is 1. The second-order valence-electron chi connectivity index (χ2n) is 8.06. The van der Waals surface area contributed by atoms with E-state index in [-0.39, 0.29) is 17.7 Å². The highest BCUT2D eigenvalue weighted by molar-refractivity contribution is 6.35. The molecule has 2 saturated heterocycles. The van der Waals surface area contributed by atoms with E-state index in [2.05, 4.69) is 4.90 Å². The van der Waals surface area contributed by atoms with Crippen molar-refractivity contribution >= 4 is 40.9 Å². The zero-order valence-electron chi connectivity index (χ0n) is 17.4. The summed E-state index contributed by atoms with van der Waals surface area (Å²) in [7, 11) is 3.49. The molecule has 0 bridgehead atoms. The number of nitrogens with zero attached hydrogens (tertiary/aromatic N) is 4. The molecular weight excluding hydrogens is 427 g/mol. The number of amides is 3. The largest absolute Gasteiger partial charge is 0.348 e. The molecule has 2 aliphatic heterocycles. The van der Waals surface area contributed by atoms with Crippen molar-refractivity contribution in [2.24, 2.45) is 0 Å². The number of likely N-dealkylation sites (N-methyl/N-ethyl adjacent to an activating group) is 1. The summed E-state index contributed by atoms with van der Waals surface area (Å²) in [4.78, 5) is 45.4. The number of carbonyl (C=O) groups excluding carboxylic acids is 3. The maximum atomic E-state index is 13.3. The van der Waals surface area contributed by atoms with Crippen molar-refractivity contribution in [3.05, 3.63) is 33.8 Å². The average Bonchev–Trinajstić information content (AvgIpc) is 3.06. The van der Waals surface area contributed by atoms with Crippen LogP contribution in [0.1, 0.15) is 29.6 Å². The first-order chi connectivity index (χ1) is 14.3. The minimum atomic E-state index is -0.467. The molecule has 1 aromatic carbocycles. The molecule has 2 fully saturated rings. The Morgan fingerprint density at radius 1 is 0.967 bits per heavy atom. The number of hydrogen-bond donors (Lipinski definition) is 0. The van der Waals surface area contributed by atoms with Crippen molar-refractivity contribution in [2.45, 2.75) is 25.3 Å². The van der Waals surface area contributed by atoms with E-state index in [1.807, 2.05) is 4.90 Å². The summed E-state index contributed by atoms with van der Waals surface area (Å²) in [5.74, 6) is -0.180. The number of hydrogen-bond acceptors (Lipinski definition) is 4. The van der Waals surface area contributed by atoms with Crippen LogP contribution in [0.15, 0.2) is 18.2 Å². The lowest BCUT2D eigenvalue weighted by Gasteiger charge is -2.30. The third-order valence-electron chi connectivity index (χ3n) is 5.67. The van der Waals surface area contributed by atoms with Gasteiger partial charge in [0, 0.05) is 62.4 Å². The molecule has 0 aliphatic carbocycles. The Morgan fingerprint density at radius 3 is 2.33 bits per heavy atom. The van der Waals surface area contributed by atoms with Gasteiger partial charge in [0.1, 0.15) is 6.04 Å². The lowest BCUT2D eigenvalue weighted by atomic mass is 10.1. The second-order valence-corrected chi connectivity index (χ2v) is 8.93. The van der Waals surface area contributed by atoms with Crippen molar-refractivity contribution in [1.82, 2.24) is 19.6 Å². The van der Waals surface area contributed by atoms with Crippen LogP contribution >= 0.6 is 23.2 Å². The molecule has 2 heterocycles. The SMILES string of the molecule is CN(C)C(=O)CN1CCCN(C(=O)C2CCCN2C(=O)c2cc(Cl)cc(Cl)c2)CC1. The van der Waals surface area contributed by atoms with Crippen molar-refractivity contribution in [3.8, 4) is 0 Å². The lowest BCUT2D eigenvalue weighted by Crippen LogP contribution is -2.49. The van der Waals surface area contributed by atoms with Gasteiger partial charge < -0.3 is 14.7 Å². The molecule has 3 amide bonds. The maximum Gasteiger partial charge on any atom is 0.254 e. The van der Waals surface area contributed by atoms with Gasteiger partial charge in [0.15, 0.2) is 0 Å². The van der Waals surface area contributed by atoms with Crippen molar-refractivity contribution < 1.29 is 14.4 Å². The Balaban J connectivity index is 1.65. The van der Waals surface area contributed by atoms with Crippen LogP contribution in [0.3, 0.4) is 0 Å². The lowest BCUT2D eigenvalue weighted by molar-refractivity contribution is -0.135. The Kier molecular flexibility index (Phi) is 7.60. The molecule has 9 heteroatoms. The topological polar surface area (TPSA) is 64.2 Å². The Hall–Kier alpha value is -1.83. The third kappa shape index (κ3) is 5.45. The maximum absolute atomic E-state index is 13.3. The summed E-state index contributed by atoms with van der Waals surface area (Å²) in [6.45, 7) is 3.51. The fraction of sp³-hybridized carbons (Fsp3) is 0.571. The molecule has 30 heavy (non-hydrogen) atoms. The quantitative estimate of drug-likeness (QED) is 0.699. The highest BCUT2D eigenvalue weighted by atomic mass is 35.5. The van der Waals surface area contributed by atoms with E-state index in [4.69, 9.17) is 23.2 Å². The van der Waals surface area contributed by atoms with Crippen molar-refractivity contribution in [2.75, 3.05) is 53.4 Å². The highest BCUT2D eigenvalue weighted by Gasteiger charge is 2.37. The van der Waals surface area contributed by atoms with Gasteiger partial charge in [-0.25, -0.2) is 0 Å². The molecule has 1 atom stereocenters. The first kappa shape index (κ1) is 22.8. The molecule has 0 radical (unpaired) electrons. The monoisotopic (exact) mass is 454 g/mol. The fourth-order valence-corrected chi connectivity index (χ4v) is 4.53. The summed E-state index contributed by atoms with van der Waals surface area (Å²) < 4.78 is 0. The Labute approximate surface area is 187 Å². The molecule has 1 aromatic rings. The molecule has 2 aliphatic rings. The average molecular weight is 455 g/mol. The second kappa shape index (κ2) is 9.98. The van der Waals surface area contributed by atoms with E-state index >= 15 is 0 Å². The van der Waals surface area contributed by atoms with E-state index in [0.717, 1.165) is 19.4 Å². The molecule has 0 N–H and O–H groups in total. The van der Waals surface area contributed by atoms with Gasteiger partial charge in [-0.15, -0.1) is 0 Å². The third-order valence-corrected chi connectivity index (χ3v) is 6.10. The molecule has 3 rings (SSSR count). The van der Waals surface area contributed by atoms with Gasteiger partial charge in [-0.1, -0.05) is 23.2 Å². The first-order valence-electron chi connectivity index (χ1n) is 10.2. The van der Waals surface area contributed by atoms with E-state index in [9.17, 15) is 14.4 Å². The van der Waals surface area contributed by atoms with Crippen LogP contribution in [0.25, 0.3) is 0 Å². The van der Waals surface area contributed by atoms with Gasteiger partial charge in [0.05, 0.1) is 6.54 Å². The van der Waals surface area contributed by atoms with Gasteiger partial charge in [0.25, 0.3) is 5.91 Å². The van der Waals surface area contributed by atoms with Crippen LogP contribution in [0.4, 0.5) is 0 Å². The van der Waals surface area contributed by atoms with E-state index in [1.165, 1.54) is 0 Å². The first-order valence-corrected chi connectivity index (χ1v) is 11.0. The normalized spacial score (nSPS) is 20.2. The number of halogens is 2. The van der Waals surface area contributed by atoms with E-state index < -0.39 is 6.04 Å². The van der Waals surface area contributed by atoms with Crippen molar-refractivity contribution in [1.29, 1.82) is 0 Å². The summed E-state index contributed by atoms with van der Waals surface area (Å²) in [5, 5.41) is 0.792. The summed E-state index contributed by atoms with van der Waals surface area (Å²) >= 11 is 12.1. The number of carbonyl (C=O) groups is 3. The molecule has 0 aromatic heterocycles. The molecule has 0 spiro atoms. The molecule has 164 valence electrons. The highest BCUT2D eigenvalue weighted by Crippen LogP contribution is 2.25. The van der Waals surface area contributed by atoms with Crippen LogP contribution in [0.5, 0.6) is 0 Å². The summed E-state index contributed by atoms with van der Waals surface area (Å²) in [5.41, 5.74) is 0.399. The predicted molar refractivity (Wildman–Crippen MR) is 117 cm³/mol. The minimum absolute atomic E-state index is 0.0187. The number of rotatable bonds is 4. The number of benzene rings is 1. The van der Waals surface area contributed by atoms with Gasteiger partial charge in [-0.05, 0) is 37.5 Å². The van der Waals surface area contributed by atoms with Gasteiger partial charge >= 0.3 is 0 Å². The van der Waals surface area contributed by atoms with E-state index in [0.29, 0.717) is 54.8 Å². The molecule has 1 unspecified atom stereocenters. The smallest absolute Gasteiger partial charge is 0.254 e. The van der Waals surface area contributed by atoms with Crippen LogP contribution in [0.2, 0.25) is 10.0 Å². The van der Waals surface area contributed by atoms with Gasteiger partial charge in [0.2, 0.25) is 11.8 Å². The molecule has 0 saturated carbocycles. The Morgan fingerprint density at radius 2 is 1.67 bits per heavy atom. The zero-order valence-corrected chi connectivity index (χ0v) is 19.0.